The number of rotatable bonds is 6. The van der Waals surface area contributed by atoms with Crippen LogP contribution in [0.2, 0.25) is 0 Å². The summed E-state index contributed by atoms with van der Waals surface area (Å²) in [7, 11) is 0. The molecule has 7 heteroatoms. The molecule has 406 valence electrons. The van der Waals surface area contributed by atoms with Crippen LogP contribution in [-0.2, 0) is 0 Å². The van der Waals surface area contributed by atoms with Crippen molar-refractivity contribution in [1.29, 1.82) is 10.5 Å². The third-order valence-corrected chi connectivity index (χ3v) is 18.8. The van der Waals surface area contributed by atoms with Crippen LogP contribution in [0.4, 0.5) is 0 Å². The number of nitrogens with zero attached hydrogens (tertiary/aromatic N) is 5. The summed E-state index contributed by atoms with van der Waals surface area (Å²) < 4.78 is 20.4. The molecule has 5 aromatic heterocycles. The molecular formula is C81H45N5O2. The minimum atomic E-state index is -0.548. The molecule has 0 spiro atoms. The zero-order valence-corrected chi connectivity index (χ0v) is 47.0. The van der Waals surface area contributed by atoms with Gasteiger partial charge in [-0.3, -0.25) is 0 Å². The smallest absolute Gasteiger partial charge is 0.137 e. The first-order valence-electron chi connectivity index (χ1n) is 29.7. The molecule has 19 rings (SSSR count). The number of furan rings is 2. The molecule has 0 amide bonds. The van der Waals surface area contributed by atoms with E-state index in [1.807, 2.05) is 36.4 Å². The SMILES string of the molecule is N#Cc1c(C2c3ccccc3-c3cc(-c4ccccc4)ccc32)c(-n2c3ccccc3c3cc4c(cc32)oc2ccccc24)c(C#N)c(-n2c3ccccc3c3cc(-c4ccccc4)ccc32)c1-n1c2ccccc2c2cc3c(cc21)oc1ccccc13. The van der Waals surface area contributed by atoms with Crippen molar-refractivity contribution in [2.45, 2.75) is 5.92 Å². The lowest BCUT2D eigenvalue weighted by molar-refractivity contribution is 0.669. The highest BCUT2D eigenvalue weighted by Gasteiger charge is 2.40. The van der Waals surface area contributed by atoms with Crippen LogP contribution in [0.15, 0.2) is 276 Å². The van der Waals surface area contributed by atoms with Crippen molar-refractivity contribution < 1.29 is 8.83 Å². The van der Waals surface area contributed by atoms with Gasteiger partial charge in [-0.05, 0) is 105 Å². The van der Waals surface area contributed by atoms with Gasteiger partial charge in [0, 0.05) is 77.5 Å². The minimum absolute atomic E-state index is 0.397. The highest BCUT2D eigenvalue weighted by atomic mass is 16.3. The van der Waals surface area contributed by atoms with Crippen LogP contribution < -0.4 is 0 Å². The van der Waals surface area contributed by atoms with E-state index in [-0.39, 0.29) is 0 Å². The van der Waals surface area contributed by atoms with Crippen molar-refractivity contribution in [2.75, 3.05) is 0 Å². The molecule has 0 saturated heterocycles. The van der Waals surface area contributed by atoms with E-state index in [2.05, 4.69) is 256 Å². The molecule has 88 heavy (non-hydrogen) atoms. The molecule has 7 nitrogen and oxygen atoms in total. The van der Waals surface area contributed by atoms with Gasteiger partial charge in [-0.2, -0.15) is 10.5 Å². The Bertz CT molecular complexity index is 6160. The molecule has 13 aromatic carbocycles. The standard InChI is InChI=1S/C81H45N5O2/c82-45-65-78(77-57-29-8-7-23-51(57)59-39-49(35-37-58(59)77)47-19-3-1-4-20-47)79(85-68-31-15-10-25-53(68)61-41-63-55-27-12-17-33-73(55)87-75(63)43-71(61)85)66(46-83)81(84-67-30-14-9-24-52(67)60-40-50(36-38-70(60)84)48-21-5-2-6-22-48)80(65)86-69-32-16-11-26-54(69)62-42-64-56-28-13-18-34-74(56)88-76(64)44-72(62)86/h1-44,77H. The summed E-state index contributed by atoms with van der Waals surface area (Å²) in [6.07, 6.45) is 0. The van der Waals surface area contributed by atoms with Crippen molar-refractivity contribution in [3.8, 4) is 62.6 Å². The summed E-state index contributed by atoms with van der Waals surface area (Å²) in [6, 6.07) is 99.7. The fourth-order valence-electron chi connectivity index (χ4n) is 15.1. The Morgan fingerprint density at radius 2 is 0.693 bits per heavy atom. The van der Waals surface area contributed by atoms with Crippen LogP contribution in [0.25, 0.3) is 160 Å². The molecule has 0 saturated carbocycles. The quantitative estimate of drug-likeness (QED) is 0.166. The summed E-state index contributed by atoms with van der Waals surface area (Å²) in [5.41, 5.74) is 20.2. The van der Waals surface area contributed by atoms with E-state index in [0.717, 1.165) is 154 Å². The molecule has 18 aromatic rings. The third kappa shape index (κ3) is 6.59. The summed E-state index contributed by atoms with van der Waals surface area (Å²) in [5.74, 6) is -0.548. The lowest BCUT2D eigenvalue weighted by Crippen LogP contribution is -2.18. The second-order valence-corrected chi connectivity index (χ2v) is 23.2. The average molecular weight is 1120 g/mol. The number of fused-ring (bicyclic) bond motifs is 18. The average Bonchev–Trinajstić information content (AvgIpc) is 1.53. The maximum absolute atomic E-state index is 13.1. The molecule has 1 atom stereocenters. The van der Waals surface area contributed by atoms with E-state index in [1.165, 1.54) is 0 Å². The first-order valence-corrected chi connectivity index (χ1v) is 29.7. The Morgan fingerprint density at radius 3 is 1.26 bits per heavy atom. The van der Waals surface area contributed by atoms with Gasteiger partial charge in [-0.25, -0.2) is 0 Å². The van der Waals surface area contributed by atoms with Crippen molar-refractivity contribution in [3.05, 3.63) is 295 Å². The Balaban J connectivity index is 1.05. The zero-order valence-electron chi connectivity index (χ0n) is 47.0. The highest BCUT2D eigenvalue weighted by molar-refractivity contribution is 6.20. The molecule has 1 aliphatic carbocycles. The molecule has 0 N–H and O–H groups in total. The minimum Gasteiger partial charge on any atom is -0.456 e. The highest BCUT2D eigenvalue weighted by Crippen LogP contribution is 2.56. The predicted molar refractivity (Wildman–Crippen MR) is 357 cm³/mol. The monoisotopic (exact) mass is 1120 g/mol. The zero-order chi connectivity index (χ0) is 57.9. The normalized spacial score (nSPS) is 13.1. The lowest BCUT2D eigenvalue weighted by atomic mass is 9.82. The van der Waals surface area contributed by atoms with E-state index in [9.17, 15) is 10.5 Å². The molecule has 0 radical (unpaired) electrons. The predicted octanol–water partition coefficient (Wildman–Crippen LogP) is 21.0. The molecule has 0 bridgehead atoms. The van der Waals surface area contributed by atoms with Gasteiger partial charge in [0.25, 0.3) is 0 Å². The summed E-state index contributed by atoms with van der Waals surface area (Å²) >= 11 is 0. The van der Waals surface area contributed by atoms with Gasteiger partial charge in [0.05, 0.1) is 55.7 Å². The van der Waals surface area contributed by atoms with Crippen LogP contribution in [0.1, 0.15) is 33.7 Å². The fourth-order valence-corrected chi connectivity index (χ4v) is 15.1. The number of hydrogen-bond donors (Lipinski definition) is 0. The van der Waals surface area contributed by atoms with Crippen molar-refractivity contribution >= 4 is 109 Å². The Labute approximate surface area is 502 Å². The maximum atomic E-state index is 13.1. The first kappa shape index (κ1) is 48.2. The number of aromatic nitrogens is 3. The van der Waals surface area contributed by atoms with Crippen LogP contribution in [0, 0.1) is 22.7 Å². The summed E-state index contributed by atoms with van der Waals surface area (Å²) in [5, 5.41) is 36.3. The van der Waals surface area contributed by atoms with E-state index in [4.69, 9.17) is 8.83 Å². The molecule has 0 aliphatic heterocycles. The van der Waals surface area contributed by atoms with Crippen LogP contribution >= 0.6 is 0 Å². The van der Waals surface area contributed by atoms with Gasteiger partial charge >= 0.3 is 0 Å². The number of para-hydroxylation sites is 5. The van der Waals surface area contributed by atoms with Gasteiger partial charge in [-0.1, -0.05) is 194 Å². The summed E-state index contributed by atoms with van der Waals surface area (Å²) in [6.45, 7) is 0. The van der Waals surface area contributed by atoms with Crippen molar-refractivity contribution in [3.63, 3.8) is 0 Å². The van der Waals surface area contributed by atoms with E-state index in [0.29, 0.717) is 33.8 Å². The van der Waals surface area contributed by atoms with E-state index < -0.39 is 5.92 Å². The molecule has 0 fully saturated rings. The van der Waals surface area contributed by atoms with E-state index >= 15 is 0 Å². The van der Waals surface area contributed by atoms with Crippen LogP contribution in [0.3, 0.4) is 0 Å². The van der Waals surface area contributed by atoms with Crippen LogP contribution in [0.5, 0.6) is 0 Å². The Hall–Kier alpha value is -12.2. The second-order valence-electron chi connectivity index (χ2n) is 23.2. The third-order valence-electron chi connectivity index (χ3n) is 18.8. The Morgan fingerprint density at radius 1 is 0.273 bits per heavy atom. The topological polar surface area (TPSA) is 88.7 Å². The molecule has 1 aliphatic rings. The fraction of sp³-hybridized carbons (Fsp3) is 0.0123. The Kier molecular flexibility index (Phi) is 9.96. The van der Waals surface area contributed by atoms with Crippen molar-refractivity contribution in [2.24, 2.45) is 0 Å². The maximum Gasteiger partial charge on any atom is 0.137 e. The molecule has 5 heterocycles. The number of nitriles is 2. The van der Waals surface area contributed by atoms with Gasteiger partial charge in [0.15, 0.2) is 0 Å². The number of hydrogen-bond acceptors (Lipinski definition) is 4. The first-order chi connectivity index (χ1) is 43.6. The van der Waals surface area contributed by atoms with Gasteiger partial charge < -0.3 is 22.5 Å². The molecule has 1 unspecified atom stereocenters. The van der Waals surface area contributed by atoms with Crippen LogP contribution in [-0.4, -0.2) is 13.7 Å². The second kappa shape index (κ2) is 18.2. The summed E-state index contributed by atoms with van der Waals surface area (Å²) in [4.78, 5) is 0. The van der Waals surface area contributed by atoms with Gasteiger partial charge in [-0.15, -0.1) is 0 Å². The van der Waals surface area contributed by atoms with Gasteiger partial charge in [0.2, 0.25) is 0 Å². The number of benzene rings is 13. The lowest BCUT2D eigenvalue weighted by Gasteiger charge is -2.29. The molecular weight excluding hydrogens is 1070 g/mol. The van der Waals surface area contributed by atoms with Crippen molar-refractivity contribution in [1.82, 2.24) is 13.7 Å². The van der Waals surface area contributed by atoms with E-state index in [1.54, 1.807) is 0 Å². The van der Waals surface area contributed by atoms with Gasteiger partial charge in [0.1, 0.15) is 40.0 Å². The largest absolute Gasteiger partial charge is 0.456 e.